The van der Waals surface area contributed by atoms with Crippen molar-refractivity contribution in [2.75, 3.05) is 26.7 Å². The second-order valence-electron chi connectivity index (χ2n) is 13.0. The highest BCUT2D eigenvalue weighted by molar-refractivity contribution is 5.91. The van der Waals surface area contributed by atoms with Crippen LogP contribution in [0.2, 0.25) is 0 Å². The minimum atomic E-state index is -1.02. The molecule has 0 aromatic heterocycles. The standard InChI is InChI=1S/C32H49N5O7/c1-21(2)18-25(28(39)34-26(29(40)43-6)19-23-12-15-33-27(23)38)35-30(41)37(20-22-10-8-7-9-11-22)24-13-16-36(17-14-24)31(42)44-32(3,4)5/h7-11,21,23-26H,12-20H2,1-6H3,(H,33,38)(H,34,39)(H,35,41). The molecule has 0 saturated carbocycles. The van der Waals surface area contributed by atoms with Gasteiger partial charge in [-0.2, -0.15) is 0 Å². The maximum Gasteiger partial charge on any atom is 0.410 e. The molecule has 2 aliphatic heterocycles. The summed E-state index contributed by atoms with van der Waals surface area (Å²) in [6.45, 7) is 11.1. The van der Waals surface area contributed by atoms with Gasteiger partial charge in [0.15, 0.2) is 0 Å². The lowest BCUT2D eigenvalue weighted by Crippen LogP contribution is -2.57. The molecule has 12 nitrogen and oxygen atoms in total. The third kappa shape index (κ3) is 10.4. The number of ether oxygens (including phenoxy) is 2. The topological polar surface area (TPSA) is 146 Å². The van der Waals surface area contributed by atoms with E-state index in [0.717, 1.165) is 5.56 Å². The van der Waals surface area contributed by atoms with Crippen molar-refractivity contribution in [1.82, 2.24) is 25.8 Å². The lowest BCUT2D eigenvalue weighted by atomic mass is 9.97. The Bertz CT molecular complexity index is 1150. The number of hydrogen-bond acceptors (Lipinski definition) is 7. The fourth-order valence-electron chi connectivity index (χ4n) is 5.55. The predicted molar refractivity (Wildman–Crippen MR) is 164 cm³/mol. The summed E-state index contributed by atoms with van der Waals surface area (Å²) < 4.78 is 10.4. The van der Waals surface area contributed by atoms with Gasteiger partial charge >= 0.3 is 18.1 Å². The van der Waals surface area contributed by atoms with Gasteiger partial charge in [0.2, 0.25) is 11.8 Å². The third-order valence-electron chi connectivity index (χ3n) is 7.82. The van der Waals surface area contributed by atoms with Crippen molar-refractivity contribution in [3.63, 3.8) is 0 Å². The highest BCUT2D eigenvalue weighted by Crippen LogP contribution is 2.22. The molecule has 0 spiro atoms. The summed E-state index contributed by atoms with van der Waals surface area (Å²) in [6, 6.07) is 7.06. The van der Waals surface area contributed by atoms with Crippen molar-refractivity contribution >= 4 is 29.9 Å². The number of nitrogens with one attached hydrogen (secondary N) is 3. The van der Waals surface area contributed by atoms with Crippen LogP contribution in [0.15, 0.2) is 30.3 Å². The summed E-state index contributed by atoms with van der Waals surface area (Å²) >= 11 is 0. The minimum Gasteiger partial charge on any atom is -0.467 e. The molecule has 2 aliphatic rings. The van der Waals surface area contributed by atoms with E-state index in [1.165, 1.54) is 7.11 Å². The zero-order valence-electron chi connectivity index (χ0n) is 26.9. The number of likely N-dealkylation sites (tertiary alicyclic amines) is 1. The second-order valence-corrected chi connectivity index (χ2v) is 13.0. The zero-order chi connectivity index (χ0) is 32.4. The van der Waals surface area contributed by atoms with Gasteiger partial charge in [-0.1, -0.05) is 44.2 Å². The highest BCUT2D eigenvalue weighted by Gasteiger charge is 2.36. The third-order valence-corrected chi connectivity index (χ3v) is 7.82. The quantitative estimate of drug-likeness (QED) is 0.324. The fourth-order valence-corrected chi connectivity index (χ4v) is 5.55. The number of hydrogen-bond donors (Lipinski definition) is 3. The Kier molecular flexibility index (Phi) is 12.4. The van der Waals surface area contributed by atoms with Crippen molar-refractivity contribution in [2.45, 2.75) is 97.0 Å². The van der Waals surface area contributed by atoms with Crippen LogP contribution in [0.4, 0.5) is 9.59 Å². The zero-order valence-corrected chi connectivity index (χ0v) is 26.9. The Hall–Kier alpha value is -3.83. The monoisotopic (exact) mass is 615 g/mol. The number of carbonyl (C=O) groups excluding carboxylic acids is 5. The van der Waals surface area contributed by atoms with Gasteiger partial charge in [0.1, 0.15) is 17.7 Å². The average molecular weight is 616 g/mol. The normalized spacial score (nSPS) is 18.7. The van der Waals surface area contributed by atoms with Crippen LogP contribution in [-0.2, 0) is 30.4 Å². The maximum atomic E-state index is 13.9. The van der Waals surface area contributed by atoms with Crippen LogP contribution in [0.1, 0.15) is 72.3 Å². The van der Waals surface area contributed by atoms with E-state index in [9.17, 15) is 24.0 Å². The van der Waals surface area contributed by atoms with E-state index in [1.54, 1.807) is 9.80 Å². The van der Waals surface area contributed by atoms with Crippen LogP contribution < -0.4 is 16.0 Å². The van der Waals surface area contributed by atoms with Gasteiger partial charge in [0.05, 0.1) is 7.11 Å². The van der Waals surface area contributed by atoms with E-state index in [1.807, 2.05) is 65.0 Å². The summed E-state index contributed by atoms with van der Waals surface area (Å²) in [5.41, 5.74) is 0.331. The number of benzene rings is 1. The van der Waals surface area contributed by atoms with Crippen molar-refractivity contribution in [2.24, 2.45) is 11.8 Å². The van der Waals surface area contributed by atoms with Crippen LogP contribution >= 0.6 is 0 Å². The summed E-state index contributed by atoms with van der Waals surface area (Å²) in [5, 5.41) is 8.43. The first-order valence-corrected chi connectivity index (χ1v) is 15.5. The van der Waals surface area contributed by atoms with E-state index in [-0.39, 0.29) is 30.4 Å². The number of esters is 1. The fraction of sp³-hybridized carbons (Fsp3) is 0.656. The van der Waals surface area contributed by atoms with E-state index >= 15 is 0 Å². The van der Waals surface area contributed by atoms with Crippen LogP contribution in [-0.4, -0.2) is 90.2 Å². The Morgan fingerprint density at radius 3 is 2.23 bits per heavy atom. The SMILES string of the molecule is COC(=O)C(CC1CCNC1=O)NC(=O)C(CC(C)C)NC(=O)N(Cc1ccccc1)C1CCN(C(=O)OC(C)(C)C)CC1. The molecule has 12 heteroatoms. The molecule has 2 saturated heterocycles. The van der Waals surface area contributed by atoms with Gasteiger partial charge in [0, 0.05) is 38.1 Å². The summed E-state index contributed by atoms with van der Waals surface area (Å²) in [7, 11) is 1.24. The number of rotatable bonds is 11. The van der Waals surface area contributed by atoms with Gasteiger partial charge in [-0.05, 0) is 64.4 Å². The molecular formula is C32H49N5O7. The van der Waals surface area contributed by atoms with Crippen LogP contribution in [0.3, 0.4) is 0 Å². The molecule has 2 fully saturated rings. The molecule has 5 amide bonds. The first-order chi connectivity index (χ1) is 20.8. The van der Waals surface area contributed by atoms with Gasteiger partial charge in [0.25, 0.3) is 0 Å². The Labute approximate surface area is 260 Å². The lowest BCUT2D eigenvalue weighted by molar-refractivity contribution is -0.146. The van der Waals surface area contributed by atoms with Gasteiger partial charge in [-0.3, -0.25) is 9.59 Å². The summed E-state index contributed by atoms with van der Waals surface area (Å²) in [5.74, 6) is -1.67. The molecule has 3 atom stereocenters. The van der Waals surface area contributed by atoms with Gasteiger partial charge in [-0.25, -0.2) is 14.4 Å². The molecule has 244 valence electrons. The van der Waals surface area contributed by atoms with Gasteiger partial charge < -0.3 is 35.2 Å². The van der Waals surface area contributed by atoms with Crippen LogP contribution in [0, 0.1) is 11.8 Å². The minimum absolute atomic E-state index is 0.0582. The predicted octanol–water partition coefficient (Wildman–Crippen LogP) is 3.20. The van der Waals surface area contributed by atoms with E-state index in [0.29, 0.717) is 51.9 Å². The molecule has 0 bridgehead atoms. The molecule has 44 heavy (non-hydrogen) atoms. The molecule has 1 aromatic carbocycles. The van der Waals surface area contributed by atoms with Crippen molar-refractivity contribution in [3.8, 4) is 0 Å². The molecule has 2 heterocycles. The number of methoxy groups -OCH3 is 1. The molecule has 3 rings (SSSR count). The van der Waals surface area contributed by atoms with Crippen molar-refractivity contribution in [1.29, 1.82) is 0 Å². The molecule has 3 unspecified atom stereocenters. The number of urea groups is 1. The number of nitrogens with zero attached hydrogens (tertiary/aromatic N) is 2. The Morgan fingerprint density at radius 2 is 1.68 bits per heavy atom. The Balaban J connectivity index is 1.75. The molecule has 0 aliphatic carbocycles. The summed E-state index contributed by atoms with van der Waals surface area (Å²) in [6.07, 6.45) is 1.74. The van der Waals surface area contributed by atoms with Crippen LogP contribution in [0.5, 0.6) is 0 Å². The molecular weight excluding hydrogens is 566 g/mol. The van der Waals surface area contributed by atoms with Crippen LogP contribution in [0.25, 0.3) is 0 Å². The van der Waals surface area contributed by atoms with E-state index in [4.69, 9.17) is 9.47 Å². The van der Waals surface area contributed by atoms with Crippen molar-refractivity contribution in [3.05, 3.63) is 35.9 Å². The second kappa shape index (κ2) is 15.8. The molecule has 1 aromatic rings. The average Bonchev–Trinajstić information content (AvgIpc) is 3.38. The molecule has 3 N–H and O–H groups in total. The number of amides is 5. The Morgan fingerprint density at radius 1 is 1.02 bits per heavy atom. The largest absolute Gasteiger partial charge is 0.467 e. The smallest absolute Gasteiger partial charge is 0.410 e. The van der Waals surface area contributed by atoms with Crippen molar-refractivity contribution < 1.29 is 33.4 Å². The van der Waals surface area contributed by atoms with Gasteiger partial charge in [-0.15, -0.1) is 0 Å². The highest BCUT2D eigenvalue weighted by atomic mass is 16.6. The first kappa shape index (κ1) is 34.7. The summed E-state index contributed by atoms with van der Waals surface area (Å²) in [4.78, 5) is 68.3. The number of carbonyl (C=O) groups is 5. The lowest BCUT2D eigenvalue weighted by Gasteiger charge is -2.39. The molecule has 0 radical (unpaired) electrons. The van der Waals surface area contributed by atoms with E-state index in [2.05, 4.69) is 16.0 Å². The number of piperidine rings is 1. The first-order valence-electron chi connectivity index (χ1n) is 15.5. The van der Waals surface area contributed by atoms with E-state index < -0.39 is 41.5 Å². The maximum absolute atomic E-state index is 13.9.